The lowest BCUT2D eigenvalue weighted by Gasteiger charge is -2.68. The second-order valence-electron chi connectivity index (χ2n) is 10.8. The van der Waals surface area contributed by atoms with E-state index in [-0.39, 0.29) is 27.7 Å². The molecule has 0 aromatic heterocycles. The second-order valence-corrected chi connectivity index (χ2v) is 12.2. The quantitative estimate of drug-likeness (QED) is 0.719. The summed E-state index contributed by atoms with van der Waals surface area (Å²) in [7, 11) is -3.60. The van der Waals surface area contributed by atoms with Crippen LogP contribution in [0.4, 0.5) is 0 Å². The Morgan fingerprint density at radius 1 is 1.04 bits per heavy atom. The molecule has 6 heteroatoms. The van der Waals surface area contributed by atoms with E-state index in [9.17, 15) is 13.2 Å². The van der Waals surface area contributed by atoms with Gasteiger partial charge in [-0.1, -0.05) is 34.1 Å². The lowest BCUT2D eigenvalue weighted by molar-refractivity contribution is -0.187. The van der Waals surface area contributed by atoms with Gasteiger partial charge in [0, 0.05) is 16.9 Å². The van der Waals surface area contributed by atoms with Crippen molar-refractivity contribution in [1.82, 2.24) is 4.72 Å². The molecule has 0 amide bonds. The summed E-state index contributed by atoms with van der Waals surface area (Å²) >= 11 is 0. The highest BCUT2D eigenvalue weighted by Gasteiger charge is 2.65. The highest BCUT2D eigenvalue weighted by molar-refractivity contribution is 7.84. The minimum Gasteiger partial charge on any atom is -0.303 e. The largest absolute Gasteiger partial charge is 0.336 e. The highest BCUT2D eigenvalue weighted by Crippen LogP contribution is 2.70. The molecule has 1 saturated heterocycles. The number of fused-ring (bicyclic) bond motifs is 5. The monoisotopic (exact) mass is 397 g/mol. The molecular weight excluding hydrogens is 362 g/mol. The third-order valence-corrected chi connectivity index (χ3v) is 10.4. The maximum atomic E-state index is 12.0. The fourth-order valence-electron chi connectivity index (χ4n) is 8.01. The number of nitrogens with one attached hydrogen (secondary N) is 1. The Balaban J connectivity index is 1.70. The normalized spacial score (nSPS) is 54.3. The van der Waals surface area contributed by atoms with E-state index in [1.807, 2.05) is 0 Å². The summed E-state index contributed by atoms with van der Waals surface area (Å²) in [6.07, 6.45) is 9.64. The standard InChI is InChI=1S/C21H35NO4S/c1-5-21-11-7-15-19(3,16(21)6-9-18(2,12-21)13-23)10-8-17-20(15,4)14-26-27(24,25)22-17/h13,15-17,22H,5-12,14H2,1-4H3/t15-,16-,17+,18-,19+,20-,21+/m0/s1. The van der Waals surface area contributed by atoms with Crippen LogP contribution in [0.1, 0.15) is 79.1 Å². The molecule has 0 bridgehead atoms. The fraction of sp³-hybridized carbons (Fsp3) is 0.952. The van der Waals surface area contributed by atoms with Crippen LogP contribution in [0.25, 0.3) is 0 Å². The molecule has 0 radical (unpaired) electrons. The Kier molecular flexibility index (Phi) is 4.42. The summed E-state index contributed by atoms with van der Waals surface area (Å²) < 4.78 is 32.0. The number of carbonyl (C=O) groups is 1. The van der Waals surface area contributed by atoms with Crippen molar-refractivity contribution in [3.8, 4) is 0 Å². The lowest BCUT2D eigenvalue weighted by Crippen LogP contribution is -2.67. The second kappa shape index (κ2) is 6.02. The minimum absolute atomic E-state index is 0.0210. The average Bonchev–Trinajstić information content (AvgIpc) is 2.62. The molecule has 7 atom stereocenters. The molecule has 0 aromatic rings. The van der Waals surface area contributed by atoms with Crippen LogP contribution >= 0.6 is 0 Å². The molecular formula is C21H35NO4S. The van der Waals surface area contributed by atoms with E-state index in [2.05, 4.69) is 32.4 Å². The third kappa shape index (κ3) is 2.77. The number of hydrogen-bond acceptors (Lipinski definition) is 4. The lowest BCUT2D eigenvalue weighted by atomic mass is 9.38. The smallest absolute Gasteiger partial charge is 0.303 e. The van der Waals surface area contributed by atoms with Crippen LogP contribution in [0.3, 0.4) is 0 Å². The van der Waals surface area contributed by atoms with Gasteiger partial charge >= 0.3 is 10.3 Å². The molecule has 0 aromatic carbocycles. The van der Waals surface area contributed by atoms with Gasteiger partial charge in [-0.15, -0.1) is 0 Å². The molecule has 1 heterocycles. The topological polar surface area (TPSA) is 72.5 Å². The van der Waals surface area contributed by atoms with Crippen LogP contribution in [0, 0.1) is 33.5 Å². The summed E-state index contributed by atoms with van der Waals surface area (Å²) in [5.41, 5.74) is 0.108. The predicted molar refractivity (Wildman–Crippen MR) is 104 cm³/mol. The number of carbonyl (C=O) groups excluding carboxylic acids is 1. The maximum Gasteiger partial charge on any atom is 0.336 e. The maximum absolute atomic E-state index is 12.0. The van der Waals surface area contributed by atoms with Crippen molar-refractivity contribution in [3.63, 3.8) is 0 Å². The summed E-state index contributed by atoms with van der Waals surface area (Å²) in [4.78, 5) is 11.8. The Morgan fingerprint density at radius 2 is 1.74 bits per heavy atom. The number of aldehydes is 1. The molecule has 1 N–H and O–H groups in total. The van der Waals surface area contributed by atoms with Gasteiger partial charge < -0.3 is 4.79 Å². The van der Waals surface area contributed by atoms with Crippen molar-refractivity contribution in [3.05, 3.63) is 0 Å². The average molecular weight is 398 g/mol. The number of rotatable bonds is 2. The zero-order chi connectivity index (χ0) is 19.7. The van der Waals surface area contributed by atoms with Crippen molar-refractivity contribution in [2.24, 2.45) is 33.5 Å². The van der Waals surface area contributed by atoms with Crippen LogP contribution < -0.4 is 4.72 Å². The van der Waals surface area contributed by atoms with Gasteiger partial charge in [-0.05, 0) is 67.6 Å². The SMILES string of the molecule is CC[C@]12CC[C@@H]3[C@]4(C)COS(=O)(=O)N[C@@H]4CC[C@@]3(C)[C@@H]1CC[C@](C)(C=O)C2. The van der Waals surface area contributed by atoms with Gasteiger partial charge in [0.2, 0.25) is 0 Å². The van der Waals surface area contributed by atoms with E-state index in [1.165, 1.54) is 6.29 Å². The van der Waals surface area contributed by atoms with Gasteiger partial charge in [-0.25, -0.2) is 0 Å². The molecule has 5 nitrogen and oxygen atoms in total. The van der Waals surface area contributed by atoms with Crippen LogP contribution in [-0.4, -0.2) is 27.4 Å². The van der Waals surface area contributed by atoms with Gasteiger partial charge in [0.1, 0.15) is 6.29 Å². The van der Waals surface area contributed by atoms with Crippen LogP contribution in [0.5, 0.6) is 0 Å². The van der Waals surface area contributed by atoms with Gasteiger partial charge in [0.25, 0.3) is 0 Å². The van der Waals surface area contributed by atoms with E-state index < -0.39 is 10.3 Å². The first-order chi connectivity index (χ1) is 12.5. The van der Waals surface area contributed by atoms with Gasteiger partial charge in [0.15, 0.2) is 0 Å². The summed E-state index contributed by atoms with van der Waals surface area (Å²) in [5, 5.41) is 0. The Bertz CT molecular complexity index is 738. The first-order valence-electron chi connectivity index (χ1n) is 10.7. The van der Waals surface area contributed by atoms with Crippen LogP contribution in [0.2, 0.25) is 0 Å². The van der Waals surface area contributed by atoms with Gasteiger partial charge in [0.05, 0.1) is 6.61 Å². The zero-order valence-electron chi connectivity index (χ0n) is 17.2. The highest BCUT2D eigenvalue weighted by atomic mass is 32.2. The minimum atomic E-state index is -3.60. The zero-order valence-corrected chi connectivity index (χ0v) is 18.0. The predicted octanol–water partition coefficient (Wildman–Crippen LogP) is 3.84. The van der Waals surface area contributed by atoms with Crippen LogP contribution in [0.15, 0.2) is 0 Å². The van der Waals surface area contributed by atoms with Crippen molar-refractivity contribution in [1.29, 1.82) is 0 Å². The molecule has 0 spiro atoms. The summed E-state index contributed by atoms with van der Waals surface area (Å²) in [6, 6.07) is -0.0210. The van der Waals surface area contributed by atoms with Gasteiger partial charge in [-0.3, -0.25) is 4.18 Å². The number of hydrogen-bond donors (Lipinski definition) is 1. The molecule has 3 saturated carbocycles. The van der Waals surface area contributed by atoms with E-state index >= 15 is 0 Å². The summed E-state index contributed by atoms with van der Waals surface area (Å²) in [6.45, 7) is 9.44. The molecule has 4 fully saturated rings. The first kappa shape index (κ1) is 19.8. The Morgan fingerprint density at radius 3 is 2.41 bits per heavy atom. The van der Waals surface area contributed by atoms with Crippen molar-refractivity contribution >= 4 is 16.6 Å². The van der Waals surface area contributed by atoms with E-state index in [0.29, 0.717) is 18.4 Å². The molecule has 1 aliphatic heterocycles. The summed E-state index contributed by atoms with van der Waals surface area (Å²) in [5.74, 6) is 1.06. The van der Waals surface area contributed by atoms with Crippen molar-refractivity contribution < 1.29 is 17.4 Å². The Hall–Kier alpha value is -0.460. The van der Waals surface area contributed by atoms with E-state index in [0.717, 1.165) is 51.4 Å². The molecule has 0 unspecified atom stereocenters. The molecule has 4 aliphatic rings. The van der Waals surface area contributed by atoms with Crippen molar-refractivity contribution in [2.75, 3.05) is 6.61 Å². The first-order valence-corrected chi connectivity index (χ1v) is 12.1. The van der Waals surface area contributed by atoms with Gasteiger partial charge in [-0.2, -0.15) is 13.1 Å². The molecule has 4 rings (SSSR count). The van der Waals surface area contributed by atoms with Crippen LogP contribution in [-0.2, 0) is 19.3 Å². The third-order valence-electron chi connectivity index (χ3n) is 9.39. The molecule has 3 aliphatic carbocycles. The molecule has 27 heavy (non-hydrogen) atoms. The van der Waals surface area contributed by atoms with Crippen molar-refractivity contribution in [2.45, 2.75) is 85.1 Å². The fourth-order valence-corrected chi connectivity index (χ4v) is 9.22. The van der Waals surface area contributed by atoms with E-state index in [1.54, 1.807) is 0 Å². The van der Waals surface area contributed by atoms with E-state index in [4.69, 9.17) is 4.18 Å². The Labute approximate surface area is 164 Å². The molecule has 154 valence electrons.